The van der Waals surface area contributed by atoms with E-state index < -0.39 is 0 Å². The number of hydrogen-bond donors (Lipinski definition) is 0. The Bertz CT molecular complexity index is 506. The molecule has 1 atom stereocenters. The van der Waals surface area contributed by atoms with Crippen LogP contribution >= 0.6 is 11.3 Å². The number of amides is 1. The van der Waals surface area contributed by atoms with E-state index in [1.807, 2.05) is 4.90 Å². The summed E-state index contributed by atoms with van der Waals surface area (Å²) in [7, 11) is 0. The molecule has 1 aliphatic carbocycles. The zero-order valence-electron chi connectivity index (χ0n) is 14.9. The third kappa shape index (κ3) is 3.73. The maximum absolute atomic E-state index is 12.9. The van der Waals surface area contributed by atoms with Crippen molar-refractivity contribution in [2.24, 2.45) is 11.3 Å². The highest BCUT2D eigenvalue weighted by Gasteiger charge is 2.32. The first kappa shape index (κ1) is 17.5. The predicted molar refractivity (Wildman–Crippen MR) is 95.8 cm³/mol. The van der Waals surface area contributed by atoms with Gasteiger partial charge in [0.1, 0.15) is 0 Å². The Morgan fingerprint density at radius 3 is 2.45 bits per heavy atom. The van der Waals surface area contributed by atoms with E-state index in [1.54, 1.807) is 11.3 Å². The zero-order chi connectivity index (χ0) is 16.3. The van der Waals surface area contributed by atoms with E-state index in [4.69, 9.17) is 0 Å². The van der Waals surface area contributed by atoms with Gasteiger partial charge < -0.3 is 4.90 Å². The van der Waals surface area contributed by atoms with E-state index >= 15 is 0 Å². The summed E-state index contributed by atoms with van der Waals surface area (Å²) in [6, 6.07) is 0. The van der Waals surface area contributed by atoms with Crippen molar-refractivity contribution in [1.82, 2.24) is 4.90 Å². The molecule has 22 heavy (non-hydrogen) atoms. The molecule has 0 saturated heterocycles. The van der Waals surface area contributed by atoms with Crippen molar-refractivity contribution in [3.05, 3.63) is 21.4 Å². The lowest BCUT2D eigenvalue weighted by Crippen LogP contribution is -2.33. The monoisotopic (exact) mass is 321 g/mol. The van der Waals surface area contributed by atoms with Crippen LogP contribution in [0.25, 0.3) is 0 Å². The summed E-state index contributed by atoms with van der Waals surface area (Å²) in [5.74, 6) is 0.999. The highest BCUT2D eigenvalue weighted by atomic mass is 32.1. The molecule has 2 rings (SSSR count). The Morgan fingerprint density at radius 1 is 1.27 bits per heavy atom. The molecule has 0 aliphatic heterocycles. The van der Waals surface area contributed by atoms with E-state index in [1.165, 1.54) is 16.9 Å². The average molecular weight is 322 g/mol. The summed E-state index contributed by atoms with van der Waals surface area (Å²) < 4.78 is 0. The number of thiophene rings is 1. The Hall–Kier alpha value is -0.830. The topological polar surface area (TPSA) is 20.3 Å². The van der Waals surface area contributed by atoms with Crippen LogP contribution in [0.15, 0.2) is 5.38 Å². The first-order valence-corrected chi connectivity index (χ1v) is 9.64. The Balaban J connectivity index is 2.19. The number of rotatable bonds is 5. The second kappa shape index (κ2) is 7.16. The average Bonchev–Trinajstić information content (AvgIpc) is 2.88. The molecule has 124 valence electrons. The van der Waals surface area contributed by atoms with Crippen LogP contribution in [-0.2, 0) is 12.8 Å². The molecule has 1 aromatic rings. The molecule has 0 N–H and O–H groups in total. The van der Waals surface area contributed by atoms with E-state index in [-0.39, 0.29) is 5.91 Å². The molecule has 1 aliphatic rings. The van der Waals surface area contributed by atoms with Crippen molar-refractivity contribution in [3.63, 3.8) is 0 Å². The van der Waals surface area contributed by atoms with Crippen LogP contribution in [0.3, 0.4) is 0 Å². The number of hydrogen-bond acceptors (Lipinski definition) is 2. The van der Waals surface area contributed by atoms with Gasteiger partial charge in [0.05, 0.1) is 5.56 Å². The van der Waals surface area contributed by atoms with Gasteiger partial charge >= 0.3 is 0 Å². The molecule has 2 nitrogen and oxygen atoms in total. The molecule has 1 amide bonds. The summed E-state index contributed by atoms with van der Waals surface area (Å²) in [6.45, 7) is 13.1. The molecule has 0 radical (unpaired) electrons. The lowest BCUT2D eigenvalue weighted by atomic mass is 9.72. The summed E-state index contributed by atoms with van der Waals surface area (Å²) in [5.41, 5.74) is 2.71. The minimum absolute atomic E-state index is 0.260. The molecule has 0 bridgehead atoms. The molecular formula is C19H31NOS. The summed E-state index contributed by atoms with van der Waals surface area (Å²) in [6.07, 6.45) is 5.51. The molecule has 3 heteroatoms. The third-order valence-corrected chi connectivity index (χ3v) is 5.94. The van der Waals surface area contributed by atoms with E-state index in [9.17, 15) is 4.79 Å². The first-order chi connectivity index (χ1) is 10.4. The standard InChI is InChI=1S/C19H31NOS/c1-6-10-20(11-7-2)18(21)16-13-22-17-12-14(19(3,4)5)8-9-15(16)17/h13-14H,6-12H2,1-5H3. The van der Waals surface area contributed by atoms with Crippen molar-refractivity contribution >= 4 is 17.2 Å². The van der Waals surface area contributed by atoms with Crippen LogP contribution in [0.2, 0.25) is 0 Å². The Morgan fingerprint density at radius 2 is 1.91 bits per heavy atom. The summed E-state index contributed by atoms with van der Waals surface area (Å²) in [4.78, 5) is 16.4. The van der Waals surface area contributed by atoms with Gasteiger partial charge in [-0.3, -0.25) is 4.79 Å². The fraction of sp³-hybridized carbons (Fsp3) is 0.737. The number of carbonyl (C=O) groups excluding carboxylic acids is 1. The fourth-order valence-electron chi connectivity index (χ4n) is 3.46. The van der Waals surface area contributed by atoms with Crippen molar-refractivity contribution in [2.75, 3.05) is 13.1 Å². The van der Waals surface area contributed by atoms with Crippen LogP contribution in [0.5, 0.6) is 0 Å². The number of nitrogens with zero attached hydrogens (tertiary/aromatic N) is 1. The molecule has 1 heterocycles. The third-order valence-electron chi connectivity index (χ3n) is 4.88. The smallest absolute Gasteiger partial charge is 0.254 e. The molecule has 0 aromatic carbocycles. The molecule has 1 aromatic heterocycles. The normalized spacial score (nSPS) is 18.1. The van der Waals surface area contributed by atoms with Crippen LogP contribution in [0.1, 0.15) is 74.7 Å². The maximum atomic E-state index is 12.9. The van der Waals surface area contributed by atoms with E-state index in [0.717, 1.165) is 50.3 Å². The Kier molecular flexibility index (Phi) is 5.70. The molecule has 0 saturated carbocycles. The molecule has 1 unspecified atom stereocenters. The van der Waals surface area contributed by atoms with Gasteiger partial charge in [0.2, 0.25) is 0 Å². The van der Waals surface area contributed by atoms with Gasteiger partial charge in [0.25, 0.3) is 5.91 Å². The van der Waals surface area contributed by atoms with Crippen LogP contribution in [0, 0.1) is 11.3 Å². The quantitative estimate of drug-likeness (QED) is 0.733. The Labute approximate surface area is 139 Å². The van der Waals surface area contributed by atoms with Crippen LogP contribution in [-0.4, -0.2) is 23.9 Å². The second-order valence-electron chi connectivity index (χ2n) is 7.65. The van der Waals surface area contributed by atoms with Gasteiger partial charge in [-0.05, 0) is 49.0 Å². The van der Waals surface area contributed by atoms with E-state index in [2.05, 4.69) is 40.0 Å². The van der Waals surface area contributed by atoms with Crippen molar-refractivity contribution in [1.29, 1.82) is 0 Å². The zero-order valence-corrected chi connectivity index (χ0v) is 15.7. The largest absolute Gasteiger partial charge is 0.339 e. The number of fused-ring (bicyclic) bond motifs is 1. The minimum Gasteiger partial charge on any atom is -0.339 e. The molecular weight excluding hydrogens is 290 g/mol. The van der Waals surface area contributed by atoms with Crippen molar-refractivity contribution in [3.8, 4) is 0 Å². The van der Waals surface area contributed by atoms with Crippen LogP contribution < -0.4 is 0 Å². The summed E-state index contributed by atoms with van der Waals surface area (Å²) in [5, 5.41) is 2.12. The number of carbonyl (C=O) groups is 1. The molecule has 0 spiro atoms. The first-order valence-electron chi connectivity index (χ1n) is 8.77. The van der Waals surface area contributed by atoms with Gasteiger partial charge in [0.15, 0.2) is 0 Å². The maximum Gasteiger partial charge on any atom is 0.254 e. The second-order valence-corrected chi connectivity index (χ2v) is 8.61. The van der Waals surface area contributed by atoms with Gasteiger partial charge in [0, 0.05) is 23.3 Å². The van der Waals surface area contributed by atoms with Gasteiger partial charge in [-0.1, -0.05) is 34.6 Å². The molecule has 0 fully saturated rings. The summed E-state index contributed by atoms with van der Waals surface area (Å²) >= 11 is 1.81. The SMILES string of the molecule is CCCN(CCC)C(=O)c1csc2c1CCC(C(C)(C)C)C2. The van der Waals surface area contributed by atoms with Gasteiger partial charge in [-0.15, -0.1) is 11.3 Å². The highest BCUT2D eigenvalue weighted by Crippen LogP contribution is 2.40. The minimum atomic E-state index is 0.260. The van der Waals surface area contributed by atoms with E-state index in [0.29, 0.717) is 5.41 Å². The van der Waals surface area contributed by atoms with Crippen molar-refractivity contribution < 1.29 is 4.79 Å². The van der Waals surface area contributed by atoms with Crippen LogP contribution in [0.4, 0.5) is 0 Å². The lowest BCUT2D eigenvalue weighted by molar-refractivity contribution is 0.0754. The van der Waals surface area contributed by atoms with Gasteiger partial charge in [-0.25, -0.2) is 0 Å². The highest BCUT2D eigenvalue weighted by molar-refractivity contribution is 7.10. The van der Waals surface area contributed by atoms with Gasteiger partial charge in [-0.2, -0.15) is 0 Å². The fourth-order valence-corrected chi connectivity index (χ4v) is 4.61. The predicted octanol–water partition coefficient (Wildman–Crippen LogP) is 5.16. The lowest BCUT2D eigenvalue weighted by Gasteiger charge is -2.34. The van der Waals surface area contributed by atoms with Crippen molar-refractivity contribution in [2.45, 2.75) is 66.7 Å².